The number of nitrogens with one attached hydrogen (secondary N) is 1. The number of fused-ring (bicyclic) bond motifs is 1. The van der Waals surface area contributed by atoms with E-state index >= 15 is 0 Å². The van der Waals surface area contributed by atoms with Gasteiger partial charge in [-0.3, -0.25) is 19.3 Å². The molecule has 0 saturated heterocycles. The fraction of sp³-hybridized carbons (Fsp3) is 0.0870. The van der Waals surface area contributed by atoms with Gasteiger partial charge < -0.3 is 10.4 Å². The van der Waals surface area contributed by atoms with Gasteiger partial charge >= 0.3 is 0 Å². The number of hydrogen-bond acceptors (Lipinski definition) is 4. The van der Waals surface area contributed by atoms with Crippen LogP contribution in [-0.2, 0) is 11.2 Å². The van der Waals surface area contributed by atoms with Gasteiger partial charge in [-0.1, -0.05) is 48.5 Å². The highest BCUT2D eigenvalue weighted by molar-refractivity contribution is 6.23. The average molecular weight is 386 g/mol. The molecule has 0 saturated carbocycles. The summed E-state index contributed by atoms with van der Waals surface area (Å²) < 4.78 is 0. The summed E-state index contributed by atoms with van der Waals surface area (Å²) in [5, 5.41) is 12.3. The van der Waals surface area contributed by atoms with Gasteiger partial charge in [0, 0.05) is 18.2 Å². The Kier molecular flexibility index (Phi) is 4.83. The standard InChI is InChI=1S/C23H18N2O4/c26-17-10-6-9-16(14-17)24-21(27)20(13-15-7-2-1-3-8-15)25-22(28)18-11-4-5-12-19(18)23(25)29/h1-12,14,20,26H,13H2,(H,24,27). The van der Waals surface area contributed by atoms with E-state index in [1.54, 1.807) is 36.4 Å². The Bertz CT molecular complexity index is 1060. The molecule has 2 N–H and O–H groups in total. The summed E-state index contributed by atoms with van der Waals surface area (Å²) in [6.07, 6.45) is 0.178. The summed E-state index contributed by atoms with van der Waals surface area (Å²) in [5.41, 5.74) is 1.78. The number of phenols is 1. The molecule has 1 heterocycles. The second-order valence-electron chi connectivity index (χ2n) is 6.77. The Morgan fingerprint density at radius 3 is 2.10 bits per heavy atom. The molecule has 0 radical (unpaired) electrons. The van der Waals surface area contributed by atoms with Crippen molar-refractivity contribution in [2.75, 3.05) is 5.32 Å². The van der Waals surface area contributed by atoms with Crippen molar-refractivity contribution >= 4 is 23.4 Å². The number of aromatic hydroxyl groups is 1. The number of benzene rings is 3. The minimum atomic E-state index is -1.04. The molecule has 4 rings (SSSR count). The predicted octanol–water partition coefficient (Wildman–Crippen LogP) is 3.24. The molecule has 6 nitrogen and oxygen atoms in total. The van der Waals surface area contributed by atoms with Gasteiger partial charge in [0.15, 0.2) is 0 Å². The molecule has 1 aliphatic rings. The van der Waals surface area contributed by atoms with Crippen LogP contribution in [0.4, 0.5) is 5.69 Å². The zero-order chi connectivity index (χ0) is 20.4. The lowest BCUT2D eigenvalue weighted by Gasteiger charge is -2.25. The average Bonchev–Trinajstić information content (AvgIpc) is 2.98. The van der Waals surface area contributed by atoms with Crippen molar-refractivity contribution < 1.29 is 19.5 Å². The van der Waals surface area contributed by atoms with Gasteiger partial charge in [-0.2, -0.15) is 0 Å². The molecule has 0 fully saturated rings. The number of nitrogens with zero attached hydrogens (tertiary/aromatic N) is 1. The summed E-state index contributed by atoms with van der Waals surface area (Å²) >= 11 is 0. The molecule has 1 aliphatic heterocycles. The number of carbonyl (C=O) groups is 3. The lowest BCUT2D eigenvalue weighted by Crippen LogP contribution is -2.48. The highest BCUT2D eigenvalue weighted by atomic mass is 16.3. The number of carbonyl (C=O) groups excluding carboxylic acids is 3. The first-order valence-electron chi connectivity index (χ1n) is 9.15. The van der Waals surface area contributed by atoms with Crippen LogP contribution in [0.1, 0.15) is 26.3 Å². The van der Waals surface area contributed by atoms with Crippen molar-refractivity contribution in [3.05, 3.63) is 95.6 Å². The van der Waals surface area contributed by atoms with Crippen LogP contribution in [-0.4, -0.2) is 33.8 Å². The summed E-state index contributed by atoms with van der Waals surface area (Å²) in [6.45, 7) is 0. The molecular formula is C23H18N2O4. The zero-order valence-electron chi connectivity index (χ0n) is 15.4. The number of hydrogen-bond donors (Lipinski definition) is 2. The first-order chi connectivity index (χ1) is 14.0. The molecule has 144 valence electrons. The van der Waals surface area contributed by atoms with Crippen LogP contribution in [0.25, 0.3) is 0 Å². The van der Waals surface area contributed by atoms with Gasteiger partial charge in [-0.05, 0) is 29.8 Å². The minimum Gasteiger partial charge on any atom is -0.508 e. The molecule has 0 bridgehead atoms. The first-order valence-corrected chi connectivity index (χ1v) is 9.15. The molecule has 1 atom stereocenters. The Labute approximate surface area is 167 Å². The smallest absolute Gasteiger partial charge is 0.262 e. The van der Waals surface area contributed by atoms with Gasteiger partial charge in [0.2, 0.25) is 5.91 Å². The van der Waals surface area contributed by atoms with E-state index in [4.69, 9.17) is 0 Å². The second-order valence-corrected chi connectivity index (χ2v) is 6.77. The highest BCUT2D eigenvalue weighted by Crippen LogP contribution is 2.27. The van der Waals surface area contributed by atoms with Crippen LogP contribution < -0.4 is 5.32 Å². The largest absolute Gasteiger partial charge is 0.508 e. The van der Waals surface area contributed by atoms with Gasteiger partial charge in [0.05, 0.1) is 11.1 Å². The van der Waals surface area contributed by atoms with Crippen molar-refractivity contribution in [3.8, 4) is 5.75 Å². The van der Waals surface area contributed by atoms with Gasteiger partial charge in [0.25, 0.3) is 11.8 Å². The minimum absolute atomic E-state index is 0.00291. The fourth-order valence-electron chi connectivity index (χ4n) is 3.44. The monoisotopic (exact) mass is 386 g/mol. The molecule has 6 heteroatoms. The summed E-state index contributed by atoms with van der Waals surface area (Å²) in [7, 11) is 0. The maximum atomic E-state index is 13.1. The Morgan fingerprint density at radius 2 is 1.48 bits per heavy atom. The SMILES string of the molecule is O=C(Nc1cccc(O)c1)C(Cc1ccccc1)N1C(=O)c2ccccc2C1=O. The van der Waals surface area contributed by atoms with Crippen molar-refractivity contribution in [2.45, 2.75) is 12.5 Å². The Hall–Kier alpha value is -3.93. The van der Waals surface area contributed by atoms with E-state index in [2.05, 4.69) is 5.32 Å². The molecule has 3 aromatic carbocycles. The predicted molar refractivity (Wildman–Crippen MR) is 108 cm³/mol. The number of rotatable bonds is 5. The third kappa shape index (κ3) is 3.60. The molecule has 29 heavy (non-hydrogen) atoms. The molecule has 0 aromatic heterocycles. The van der Waals surface area contributed by atoms with Crippen molar-refractivity contribution in [1.29, 1.82) is 0 Å². The summed E-state index contributed by atoms with van der Waals surface area (Å²) in [6, 6.07) is 20.8. The van der Waals surface area contributed by atoms with E-state index in [0.717, 1.165) is 10.5 Å². The molecule has 3 aromatic rings. The van der Waals surface area contributed by atoms with Crippen molar-refractivity contribution in [1.82, 2.24) is 4.90 Å². The van der Waals surface area contributed by atoms with Crippen LogP contribution in [0.2, 0.25) is 0 Å². The summed E-state index contributed by atoms with van der Waals surface area (Å²) in [4.78, 5) is 40.0. The number of imide groups is 1. The highest BCUT2D eigenvalue weighted by Gasteiger charge is 2.42. The van der Waals surface area contributed by atoms with Crippen LogP contribution in [0.15, 0.2) is 78.9 Å². The molecule has 0 aliphatic carbocycles. The van der Waals surface area contributed by atoms with E-state index in [-0.39, 0.29) is 12.2 Å². The van der Waals surface area contributed by atoms with E-state index in [1.165, 1.54) is 12.1 Å². The molecule has 3 amide bonds. The van der Waals surface area contributed by atoms with Crippen LogP contribution in [0, 0.1) is 0 Å². The fourth-order valence-corrected chi connectivity index (χ4v) is 3.44. The lowest BCUT2D eigenvalue weighted by atomic mass is 10.0. The number of phenolic OH excluding ortho intramolecular Hbond substituents is 1. The maximum Gasteiger partial charge on any atom is 0.262 e. The van der Waals surface area contributed by atoms with Gasteiger partial charge in [-0.25, -0.2) is 0 Å². The second kappa shape index (κ2) is 7.59. The van der Waals surface area contributed by atoms with Crippen LogP contribution in [0.5, 0.6) is 5.75 Å². The third-order valence-electron chi connectivity index (χ3n) is 4.83. The topological polar surface area (TPSA) is 86.7 Å². The van der Waals surface area contributed by atoms with E-state index in [9.17, 15) is 19.5 Å². The van der Waals surface area contributed by atoms with E-state index < -0.39 is 23.8 Å². The van der Waals surface area contributed by atoms with Crippen LogP contribution >= 0.6 is 0 Å². The normalized spacial score (nSPS) is 13.9. The van der Waals surface area contributed by atoms with E-state index in [1.807, 2.05) is 30.3 Å². The van der Waals surface area contributed by atoms with E-state index in [0.29, 0.717) is 16.8 Å². The molecule has 1 unspecified atom stereocenters. The quantitative estimate of drug-likeness (QED) is 0.659. The molecular weight excluding hydrogens is 368 g/mol. The summed E-state index contributed by atoms with van der Waals surface area (Å²) in [5.74, 6) is -1.48. The number of amides is 3. The maximum absolute atomic E-state index is 13.1. The molecule has 0 spiro atoms. The third-order valence-corrected chi connectivity index (χ3v) is 4.83. The van der Waals surface area contributed by atoms with Crippen LogP contribution in [0.3, 0.4) is 0 Å². The zero-order valence-corrected chi connectivity index (χ0v) is 15.4. The van der Waals surface area contributed by atoms with Crippen molar-refractivity contribution in [2.24, 2.45) is 0 Å². The Morgan fingerprint density at radius 1 is 0.862 bits per heavy atom. The number of anilines is 1. The van der Waals surface area contributed by atoms with Gasteiger partial charge in [0.1, 0.15) is 11.8 Å². The Balaban J connectivity index is 1.68. The van der Waals surface area contributed by atoms with Crippen molar-refractivity contribution in [3.63, 3.8) is 0 Å². The van der Waals surface area contributed by atoms with Gasteiger partial charge in [-0.15, -0.1) is 0 Å². The first kappa shape index (κ1) is 18.4. The lowest BCUT2D eigenvalue weighted by molar-refractivity contribution is -0.119.